The lowest BCUT2D eigenvalue weighted by atomic mass is 10.3. The molecular weight excluding hydrogens is 218 g/mol. The molecule has 2 heterocycles. The molecule has 0 aliphatic rings. The predicted octanol–water partition coefficient (Wildman–Crippen LogP) is 2.09. The quantitative estimate of drug-likeness (QED) is 0.861. The Hall–Kier alpha value is -1.75. The number of rotatable bonds is 5. The minimum absolute atomic E-state index is 0.333. The fraction of sp³-hybridized carbons (Fsp3) is 0.417. The van der Waals surface area contributed by atoms with Crippen molar-refractivity contribution in [3.63, 3.8) is 0 Å². The van der Waals surface area contributed by atoms with E-state index in [0.29, 0.717) is 19.2 Å². The first-order valence-corrected chi connectivity index (χ1v) is 5.62. The Balaban J connectivity index is 1.92. The maximum atomic E-state index is 5.56. The van der Waals surface area contributed by atoms with Gasteiger partial charge in [0.15, 0.2) is 5.75 Å². The molecule has 0 bridgehead atoms. The molecule has 5 nitrogen and oxygen atoms in total. The van der Waals surface area contributed by atoms with Crippen molar-refractivity contribution in [2.75, 3.05) is 0 Å². The van der Waals surface area contributed by atoms with Crippen LogP contribution >= 0.6 is 0 Å². The summed E-state index contributed by atoms with van der Waals surface area (Å²) < 4.78 is 12.7. The number of hydrogen-bond donors (Lipinski definition) is 1. The van der Waals surface area contributed by atoms with Crippen LogP contribution in [0.1, 0.15) is 31.2 Å². The average Bonchev–Trinajstić information content (AvgIpc) is 2.95. The van der Waals surface area contributed by atoms with Crippen molar-refractivity contribution in [3.8, 4) is 5.75 Å². The Morgan fingerprint density at radius 1 is 1.53 bits per heavy atom. The van der Waals surface area contributed by atoms with E-state index in [-0.39, 0.29) is 0 Å². The Kier molecular flexibility index (Phi) is 3.49. The first-order valence-electron chi connectivity index (χ1n) is 5.62. The van der Waals surface area contributed by atoms with E-state index in [0.717, 1.165) is 17.1 Å². The summed E-state index contributed by atoms with van der Waals surface area (Å²) in [5, 5.41) is 4.19. The smallest absolute Gasteiger partial charge is 0.157 e. The molecule has 0 amide bonds. The summed E-state index contributed by atoms with van der Waals surface area (Å²) in [5.41, 5.74) is 6.47. The fourth-order valence-electron chi connectivity index (χ4n) is 1.44. The van der Waals surface area contributed by atoms with Crippen LogP contribution in [-0.4, -0.2) is 9.78 Å². The Morgan fingerprint density at radius 3 is 2.94 bits per heavy atom. The van der Waals surface area contributed by atoms with E-state index < -0.39 is 0 Å². The third-order valence-electron chi connectivity index (χ3n) is 2.43. The molecule has 0 aliphatic carbocycles. The van der Waals surface area contributed by atoms with Gasteiger partial charge in [-0.25, -0.2) is 0 Å². The third-order valence-corrected chi connectivity index (χ3v) is 2.43. The second kappa shape index (κ2) is 5.05. The molecule has 0 unspecified atom stereocenters. The molecule has 0 saturated heterocycles. The molecule has 2 aromatic heterocycles. The zero-order valence-corrected chi connectivity index (χ0v) is 10.1. The van der Waals surface area contributed by atoms with E-state index in [1.165, 1.54) is 0 Å². The molecule has 0 radical (unpaired) electrons. The van der Waals surface area contributed by atoms with Gasteiger partial charge in [-0.15, -0.1) is 0 Å². The molecule has 0 aromatic carbocycles. The Morgan fingerprint density at radius 2 is 2.35 bits per heavy atom. The van der Waals surface area contributed by atoms with E-state index in [2.05, 4.69) is 18.9 Å². The topological polar surface area (TPSA) is 66.2 Å². The minimum Gasteiger partial charge on any atom is -0.482 e. The first-order chi connectivity index (χ1) is 8.19. The molecule has 0 saturated carbocycles. The lowest BCUT2D eigenvalue weighted by molar-refractivity contribution is 0.270. The highest BCUT2D eigenvalue weighted by molar-refractivity contribution is 5.15. The van der Waals surface area contributed by atoms with E-state index in [1.807, 2.05) is 16.9 Å². The molecule has 0 aliphatic heterocycles. The summed E-state index contributed by atoms with van der Waals surface area (Å²) in [6, 6.07) is 2.23. The fourth-order valence-corrected chi connectivity index (χ4v) is 1.44. The molecule has 2 rings (SSSR count). The van der Waals surface area contributed by atoms with Crippen molar-refractivity contribution >= 4 is 0 Å². The van der Waals surface area contributed by atoms with E-state index in [9.17, 15) is 0 Å². The van der Waals surface area contributed by atoms with E-state index in [4.69, 9.17) is 14.9 Å². The maximum Gasteiger partial charge on any atom is 0.157 e. The van der Waals surface area contributed by atoms with Gasteiger partial charge in [0.05, 0.1) is 18.7 Å². The molecule has 2 N–H and O–H groups in total. The normalized spacial score (nSPS) is 11.1. The molecule has 0 spiro atoms. The number of ether oxygens (including phenoxy) is 1. The van der Waals surface area contributed by atoms with E-state index in [1.54, 1.807) is 12.5 Å². The summed E-state index contributed by atoms with van der Waals surface area (Å²) in [5.74, 6) is 1.51. The molecule has 5 heteroatoms. The number of aromatic nitrogens is 2. The number of nitrogens with zero attached hydrogens (tertiary/aromatic N) is 2. The lowest BCUT2D eigenvalue weighted by Gasteiger charge is -2.03. The zero-order valence-electron chi connectivity index (χ0n) is 10.1. The average molecular weight is 235 g/mol. The maximum absolute atomic E-state index is 5.56. The van der Waals surface area contributed by atoms with Crippen molar-refractivity contribution in [2.45, 2.75) is 33.0 Å². The van der Waals surface area contributed by atoms with Gasteiger partial charge < -0.3 is 14.9 Å². The second-order valence-electron chi connectivity index (χ2n) is 4.16. The SMILES string of the molecule is CC(C)n1cc(OCc2cc(CN)co2)cn1. The van der Waals surface area contributed by atoms with Gasteiger partial charge in [0.2, 0.25) is 0 Å². The third kappa shape index (κ3) is 2.88. The Bertz CT molecular complexity index is 474. The zero-order chi connectivity index (χ0) is 12.3. The molecule has 2 aromatic rings. The highest BCUT2D eigenvalue weighted by Crippen LogP contribution is 2.15. The van der Waals surface area contributed by atoms with Crippen molar-refractivity contribution in [2.24, 2.45) is 5.73 Å². The van der Waals surface area contributed by atoms with E-state index >= 15 is 0 Å². The second-order valence-corrected chi connectivity index (χ2v) is 4.16. The standard InChI is InChI=1S/C12H17N3O2/c1-9(2)15-6-12(5-14-15)17-8-11-3-10(4-13)7-16-11/h3,5-7,9H,4,8,13H2,1-2H3. The van der Waals surface area contributed by atoms with Gasteiger partial charge in [-0.3, -0.25) is 4.68 Å². The summed E-state index contributed by atoms with van der Waals surface area (Å²) in [6.07, 6.45) is 5.22. The van der Waals surface area contributed by atoms with Crippen LogP contribution in [0.15, 0.2) is 29.1 Å². The van der Waals surface area contributed by atoms with Gasteiger partial charge in [0.1, 0.15) is 12.4 Å². The van der Waals surface area contributed by atoms with Crippen LogP contribution in [-0.2, 0) is 13.2 Å². The largest absolute Gasteiger partial charge is 0.482 e. The number of hydrogen-bond acceptors (Lipinski definition) is 4. The van der Waals surface area contributed by atoms with Crippen LogP contribution in [0.25, 0.3) is 0 Å². The van der Waals surface area contributed by atoms with Crippen molar-refractivity contribution < 1.29 is 9.15 Å². The van der Waals surface area contributed by atoms with Crippen LogP contribution in [0.5, 0.6) is 5.75 Å². The molecule has 0 fully saturated rings. The van der Waals surface area contributed by atoms with Crippen LogP contribution < -0.4 is 10.5 Å². The number of nitrogens with two attached hydrogens (primary N) is 1. The number of furan rings is 1. The lowest BCUT2D eigenvalue weighted by Crippen LogP contribution is -2.00. The summed E-state index contributed by atoms with van der Waals surface area (Å²) >= 11 is 0. The van der Waals surface area contributed by atoms with Crippen molar-refractivity contribution in [1.82, 2.24) is 9.78 Å². The van der Waals surface area contributed by atoms with Crippen molar-refractivity contribution in [1.29, 1.82) is 0 Å². The van der Waals surface area contributed by atoms with Gasteiger partial charge in [0.25, 0.3) is 0 Å². The summed E-state index contributed by atoms with van der Waals surface area (Å²) in [7, 11) is 0. The van der Waals surface area contributed by atoms with Crippen LogP contribution in [0, 0.1) is 0 Å². The highest BCUT2D eigenvalue weighted by atomic mass is 16.5. The molecule has 92 valence electrons. The first kappa shape index (κ1) is 11.7. The van der Waals surface area contributed by atoms with Gasteiger partial charge in [0, 0.05) is 18.2 Å². The molecule has 0 atom stereocenters. The van der Waals surface area contributed by atoms with Gasteiger partial charge >= 0.3 is 0 Å². The summed E-state index contributed by atoms with van der Waals surface area (Å²) in [6.45, 7) is 5.01. The Labute approximate surface area is 100 Å². The molecular formula is C12H17N3O2. The van der Waals surface area contributed by atoms with Crippen LogP contribution in [0.3, 0.4) is 0 Å². The minimum atomic E-state index is 0.333. The van der Waals surface area contributed by atoms with Gasteiger partial charge in [-0.05, 0) is 19.9 Å². The highest BCUT2D eigenvalue weighted by Gasteiger charge is 2.05. The molecule has 17 heavy (non-hydrogen) atoms. The predicted molar refractivity (Wildman–Crippen MR) is 63.5 cm³/mol. The van der Waals surface area contributed by atoms with Crippen LogP contribution in [0.4, 0.5) is 0 Å². The van der Waals surface area contributed by atoms with Gasteiger partial charge in [-0.1, -0.05) is 0 Å². The van der Waals surface area contributed by atoms with Crippen molar-refractivity contribution in [3.05, 3.63) is 36.0 Å². The summed E-state index contributed by atoms with van der Waals surface area (Å²) in [4.78, 5) is 0. The monoisotopic (exact) mass is 235 g/mol. The van der Waals surface area contributed by atoms with Crippen LogP contribution in [0.2, 0.25) is 0 Å². The van der Waals surface area contributed by atoms with Gasteiger partial charge in [-0.2, -0.15) is 5.10 Å².